The molecule has 94 valence electrons. The Kier molecular flexibility index (Phi) is 3.35. The zero-order valence-electron chi connectivity index (χ0n) is 10.9. The zero-order valence-corrected chi connectivity index (χ0v) is 10.9. The molecular weight excluding hydrogens is 226 g/mol. The summed E-state index contributed by atoms with van der Waals surface area (Å²) >= 11 is 0. The molecule has 1 N–H and O–H groups in total. The Morgan fingerprint density at radius 1 is 1.44 bits per heavy atom. The number of hydrogen-bond acceptors (Lipinski definition) is 3. The molecule has 0 spiro atoms. The van der Waals surface area contributed by atoms with Crippen molar-refractivity contribution < 1.29 is 4.79 Å². The largest absolute Gasteiger partial charge is 0.302 e. The molecule has 0 aliphatic carbocycles. The van der Waals surface area contributed by atoms with Gasteiger partial charge >= 0.3 is 0 Å². The van der Waals surface area contributed by atoms with Crippen LogP contribution in [0.3, 0.4) is 0 Å². The van der Waals surface area contributed by atoms with Gasteiger partial charge in [0.2, 0.25) is 5.91 Å². The van der Waals surface area contributed by atoms with Gasteiger partial charge < -0.3 is 5.32 Å². The summed E-state index contributed by atoms with van der Waals surface area (Å²) in [4.78, 5) is 13.9. The number of rotatable bonds is 3. The second-order valence-corrected chi connectivity index (χ2v) is 4.59. The smallest absolute Gasteiger partial charge is 0.249 e. The molecular formula is C14H17N3O. The number of fused-ring (bicyclic) bond motifs is 1. The number of amides is 1. The SMILES string of the molecule is CCNC1C(=O)N(CC#N)c2c(C)cc(C)cc21. The number of aryl methyl sites for hydroxylation is 2. The van der Waals surface area contributed by atoms with Crippen LogP contribution in [0.1, 0.15) is 29.7 Å². The van der Waals surface area contributed by atoms with E-state index in [1.54, 1.807) is 4.90 Å². The average Bonchev–Trinajstić information content (AvgIpc) is 2.56. The first-order chi connectivity index (χ1) is 8.60. The van der Waals surface area contributed by atoms with Gasteiger partial charge in [-0.25, -0.2) is 0 Å². The van der Waals surface area contributed by atoms with E-state index < -0.39 is 0 Å². The Balaban J connectivity index is 2.56. The summed E-state index contributed by atoms with van der Waals surface area (Å²) in [5.74, 6) is -0.0258. The third-order valence-electron chi connectivity index (χ3n) is 3.21. The summed E-state index contributed by atoms with van der Waals surface area (Å²) in [6, 6.07) is 5.83. The van der Waals surface area contributed by atoms with E-state index in [1.165, 1.54) is 0 Å². The minimum absolute atomic E-state index is 0.0258. The molecule has 0 radical (unpaired) electrons. The van der Waals surface area contributed by atoms with E-state index in [1.807, 2.05) is 32.9 Å². The van der Waals surface area contributed by atoms with Crippen molar-refractivity contribution in [2.24, 2.45) is 0 Å². The number of hydrogen-bond donors (Lipinski definition) is 1. The van der Waals surface area contributed by atoms with Crippen molar-refractivity contribution in [2.45, 2.75) is 26.8 Å². The summed E-state index contributed by atoms with van der Waals surface area (Å²) < 4.78 is 0. The quantitative estimate of drug-likeness (QED) is 0.824. The van der Waals surface area contributed by atoms with Gasteiger partial charge in [-0.3, -0.25) is 9.69 Å². The van der Waals surface area contributed by atoms with E-state index >= 15 is 0 Å². The maximum Gasteiger partial charge on any atom is 0.249 e. The molecule has 1 aliphatic rings. The monoisotopic (exact) mass is 243 g/mol. The van der Waals surface area contributed by atoms with Crippen molar-refractivity contribution >= 4 is 11.6 Å². The van der Waals surface area contributed by atoms with Crippen molar-refractivity contribution in [3.05, 3.63) is 28.8 Å². The van der Waals surface area contributed by atoms with Gasteiger partial charge in [0.25, 0.3) is 0 Å². The number of nitrogens with one attached hydrogen (secondary N) is 1. The molecule has 0 fully saturated rings. The third kappa shape index (κ3) is 1.87. The van der Waals surface area contributed by atoms with E-state index in [2.05, 4.69) is 11.4 Å². The molecule has 1 aromatic rings. The van der Waals surface area contributed by atoms with Crippen LogP contribution in [-0.2, 0) is 4.79 Å². The van der Waals surface area contributed by atoms with Crippen molar-refractivity contribution in [2.75, 3.05) is 18.0 Å². The van der Waals surface area contributed by atoms with Gasteiger partial charge in [0.15, 0.2) is 0 Å². The van der Waals surface area contributed by atoms with Gasteiger partial charge in [-0.1, -0.05) is 24.6 Å². The summed E-state index contributed by atoms with van der Waals surface area (Å²) in [6.45, 7) is 6.81. The Bertz CT molecular complexity index is 531. The molecule has 4 heteroatoms. The lowest BCUT2D eigenvalue weighted by Crippen LogP contribution is -2.34. The zero-order chi connectivity index (χ0) is 13.3. The standard InChI is InChI=1S/C14H17N3O/c1-4-16-12-11-8-9(2)7-10(3)13(11)17(6-5-15)14(12)18/h7-8,12,16H,4,6H2,1-3H3. The number of nitriles is 1. The number of benzene rings is 1. The van der Waals surface area contributed by atoms with E-state index in [0.717, 1.165) is 28.9 Å². The summed E-state index contributed by atoms with van der Waals surface area (Å²) in [7, 11) is 0. The highest BCUT2D eigenvalue weighted by atomic mass is 16.2. The van der Waals surface area contributed by atoms with Crippen LogP contribution in [0.4, 0.5) is 5.69 Å². The number of carbonyl (C=O) groups excluding carboxylic acids is 1. The van der Waals surface area contributed by atoms with Crippen LogP contribution in [-0.4, -0.2) is 19.0 Å². The predicted octanol–water partition coefficient (Wildman–Crippen LogP) is 1.82. The van der Waals surface area contributed by atoms with Gasteiger partial charge in [-0.05, 0) is 26.0 Å². The van der Waals surface area contributed by atoms with Gasteiger partial charge in [-0.2, -0.15) is 5.26 Å². The van der Waals surface area contributed by atoms with Crippen LogP contribution < -0.4 is 10.2 Å². The van der Waals surface area contributed by atoms with Crippen molar-refractivity contribution in [3.63, 3.8) is 0 Å². The second-order valence-electron chi connectivity index (χ2n) is 4.59. The lowest BCUT2D eigenvalue weighted by atomic mass is 10.0. The summed E-state index contributed by atoms with van der Waals surface area (Å²) in [6.07, 6.45) is 0. The van der Waals surface area contributed by atoms with E-state index in [9.17, 15) is 4.79 Å². The Labute approximate surface area is 107 Å². The maximum absolute atomic E-state index is 12.3. The molecule has 0 bridgehead atoms. The normalized spacial score (nSPS) is 17.8. The lowest BCUT2D eigenvalue weighted by molar-refractivity contribution is -0.119. The van der Waals surface area contributed by atoms with E-state index in [-0.39, 0.29) is 18.5 Å². The second kappa shape index (κ2) is 4.79. The number of carbonyl (C=O) groups is 1. The molecule has 0 saturated carbocycles. The molecule has 1 aliphatic heterocycles. The molecule has 2 rings (SSSR count). The van der Waals surface area contributed by atoms with E-state index in [0.29, 0.717) is 0 Å². The Hall–Kier alpha value is -1.86. The Morgan fingerprint density at radius 3 is 2.78 bits per heavy atom. The Morgan fingerprint density at radius 2 is 2.17 bits per heavy atom. The fraction of sp³-hybridized carbons (Fsp3) is 0.429. The predicted molar refractivity (Wildman–Crippen MR) is 70.3 cm³/mol. The fourth-order valence-corrected chi connectivity index (χ4v) is 2.61. The molecule has 18 heavy (non-hydrogen) atoms. The first-order valence-electron chi connectivity index (χ1n) is 6.13. The van der Waals surface area contributed by atoms with Gasteiger partial charge in [0, 0.05) is 5.56 Å². The minimum atomic E-state index is -0.308. The highest BCUT2D eigenvalue weighted by Crippen LogP contribution is 2.38. The first-order valence-corrected chi connectivity index (χ1v) is 6.13. The van der Waals surface area contributed by atoms with E-state index in [4.69, 9.17) is 5.26 Å². The van der Waals surface area contributed by atoms with Gasteiger partial charge in [-0.15, -0.1) is 0 Å². The highest BCUT2D eigenvalue weighted by molar-refractivity contribution is 6.05. The molecule has 4 nitrogen and oxygen atoms in total. The summed E-state index contributed by atoms with van der Waals surface area (Å²) in [5, 5.41) is 12.1. The maximum atomic E-state index is 12.3. The number of likely N-dealkylation sites (N-methyl/N-ethyl adjacent to an activating group) is 1. The van der Waals surface area contributed by atoms with Crippen LogP contribution in [0.25, 0.3) is 0 Å². The molecule has 1 heterocycles. The third-order valence-corrected chi connectivity index (χ3v) is 3.21. The first kappa shape index (κ1) is 12.6. The molecule has 1 atom stereocenters. The average molecular weight is 243 g/mol. The van der Waals surface area contributed by atoms with Crippen molar-refractivity contribution in [3.8, 4) is 6.07 Å². The minimum Gasteiger partial charge on any atom is -0.302 e. The van der Waals surface area contributed by atoms with Crippen molar-refractivity contribution in [1.29, 1.82) is 5.26 Å². The van der Waals surface area contributed by atoms with Gasteiger partial charge in [0.05, 0.1) is 11.8 Å². The number of anilines is 1. The number of nitrogens with zero attached hydrogens (tertiary/aromatic N) is 2. The molecule has 0 aromatic heterocycles. The lowest BCUT2D eigenvalue weighted by Gasteiger charge is -2.15. The topological polar surface area (TPSA) is 56.1 Å². The van der Waals surface area contributed by atoms with Crippen LogP contribution in [0.2, 0.25) is 0 Å². The van der Waals surface area contributed by atoms with Crippen LogP contribution in [0.15, 0.2) is 12.1 Å². The molecule has 0 saturated heterocycles. The summed E-state index contributed by atoms with van der Waals surface area (Å²) in [5.41, 5.74) is 4.09. The van der Waals surface area contributed by atoms with Gasteiger partial charge in [0.1, 0.15) is 12.6 Å². The highest BCUT2D eigenvalue weighted by Gasteiger charge is 2.37. The van der Waals surface area contributed by atoms with Crippen LogP contribution in [0, 0.1) is 25.2 Å². The molecule has 1 amide bonds. The molecule has 1 unspecified atom stereocenters. The fourth-order valence-electron chi connectivity index (χ4n) is 2.61. The van der Waals surface area contributed by atoms with Crippen molar-refractivity contribution in [1.82, 2.24) is 5.32 Å². The van der Waals surface area contributed by atoms with Crippen LogP contribution in [0.5, 0.6) is 0 Å². The molecule has 1 aromatic carbocycles. The van der Waals surface area contributed by atoms with Crippen LogP contribution >= 0.6 is 0 Å².